The molecule has 2 heterocycles. The van der Waals surface area contributed by atoms with Crippen LogP contribution in [0.3, 0.4) is 0 Å². The first kappa shape index (κ1) is 17.8. The molecule has 0 saturated heterocycles. The minimum absolute atomic E-state index is 0.0978. The maximum absolute atomic E-state index is 12.6. The van der Waals surface area contributed by atoms with Crippen molar-refractivity contribution in [2.24, 2.45) is 0 Å². The van der Waals surface area contributed by atoms with Gasteiger partial charge in [0.05, 0.1) is 13.4 Å². The number of H-pyrrole nitrogens is 1. The standard InChI is InChI=1S/C21H18N2O5/c1-27-14-6-4-13(5-7-14)22-20(25)16-11-15-17(23-21(16)26)9-12(10-18(15)24)19-3-2-8-28-19/h2-8,11-12H,9-10H2,1H3,(H,22,25)(H,23,26). The maximum Gasteiger partial charge on any atom is 0.261 e. The second-order valence-electron chi connectivity index (χ2n) is 6.63. The summed E-state index contributed by atoms with van der Waals surface area (Å²) < 4.78 is 10.5. The van der Waals surface area contributed by atoms with Crippen molar-refractivity contribution in [3.8, 4) is 5.75 Å². The Morgan fingerprint density at radius 2 is 1.96 bits per heavy atom. The monoisotopic (exact) mass is 378 g/mol. The normalized spacial score (nSPS) is 15.8. The van der Waals surface area contributed by atoms with E-state index in [0.29, 0.717) is 34.9 Å². The minimum Gasteiger partial charge on any atom is -0.497 e. The highest BCUT2D eigenvalue weighted by molar-refractivity contribution is 6.06. The summed E-state index contributed by atoms with van der Waals surface area (Å²) in [6.07, 6.45) is 2.31. The predicted molar refractivity (Wildman–Crippen MR) is 102 cm³/mol. The number of hydrogen-bond acceptors (Lipinski definition) is 5. The van der Waals surface area contributed by atoms with Crippen LogP contribution in [-0.2, 0) is 6.42 Å². The smallest absolute Gasteiger partial charge is 0.261 e. The van der Waals surface area contributed by atoms with Crippen molar-refractivity contribution >= 4 is 17.4 Å². The van der Waals surface area contributed by atoms with Crippen LogP contribution in [0.1, 0.15) is 44.5 Å². The Bertz CT molecular complexity index is 1080. The second kappa shape index (κ2) is 7.19. The van der Waals surface area contributed by atoms with E-state index in [9.17, 15) is 14.4 Å². The Labute approximate surface area is 160 Å². The number of carbonyl (C=O) groups excluding carboxylic acids is 2. The largest absolute Gasteiger partial charge is 0.497 e. The minimum atomic E-state index is -0.574. The van der Waals surface area contributed by atoms with Crippen LogP contribution in [0.2, 0.25) is 0 Å². The highest BCUT2D eigenvalue weighted by Gasteiger charge is 2.30. The Morgan fingerprint density at radius 1 is 1.18 bits per heavy atom. The number of ketones is 1. The number of hydrogen-bond donors (Lipinski definition) is 2. The third-order valence-corrected chi connectivity index (χ3v) is 4.84. The number of fused-ring (bicyclic) bond motifs is 1. The zero-order valence-electron chi connectivity index (χ0n) is 15.2. The Morgan fingerprint density at radius 3 is 2.64 bits per heavy atom. The second-order valence-corrected chi connectivity index (χ2v) is 6.63. The van der Waals surface area contributed by atoms with Crippen LogP contribution < -0.4 is 15.6 Å². The van der Waals surface area contributed by atoms with Crippen LogP contribution >= 0.6 is 0 Å². The number of methoxy groups -OCH3 is 1. The van der Waals surface area contributed by atoms with Gasteiger partial charge in [-0.2, -0.15) is 0 Å². The molecule has 1 unspecified atom stereocenters. The molecule has 142 valence electrons. The fraction of sp³-hybridized carbons (Fsp3) is 0.190. The van der Waals surface area contributed by atoms with Crippen LogP contribution in [0.4, 0.5) is 5.69 Å². The van der Waals surface area contributed by atoms with Crippen LogP contribution in [0.5, 0.6) is 5.75 Å². The zero-order chi connectivity index (χ0) is 19.7. The number of carbonyl (C=O) groups is 2. The molecule has 0 saturated carbocycles. The van der Waals surface area contributed by atoms with E-state index in [4.69, 9.17) is 9.15 Å². The molecule has 0 radical (unpaired) electrons. The number of ether oxygens (including phenoxy) is 1. The van der Waals surface area contributed by atoms with Crippen LogP contribution in [-0.4, -0.2) is 23.8 Å². The van der Waals surface area contributed by atoms with E-state index in [1.54, 1.807) is 43.7 Å². The van der Waals surface area contributed by atoms with Gasteiger partial charge in [-0.15, -0.1) is 0 Å². The van der Waals surface area contributed by atoms with Crippen LogP contribution in [0.25, 0.3) is 0 Å². The SMILES string of the molecule is COc1ccc(NC(=O)c2cc3c([nH]c2=O)CC(c2ccco2)CC3=O)cc1. The molecule has 7 heteroatoms. The van der Waals surface area contributed by atoms with E-state index in [-0.39, 0.29) is 23.7 Å². The van der Waals surface area contributed by atoms with Gasteiger partial charge in [0.1, 0.15) is 17.1 Å². The first-order valence-electron chi connectivity index (χ1n) is 8.83. The van der Waals surface area contributed by atoms with Gasteiger partial charge in [0.2, 0.25) is 0 Å². The quantitative estimate of drug-likeness (QED) is 0.726. The van der Waals surface area contributed by atoms with Gasteiger partial charge in [0.15, 0.2) is 5.78 Å². The van der Waals surface area contributed by atoms with E-state index < -0.39 is 11.5 Å². The molecule has 28 heavy (non-hydrogen) atoms. The third-order valence-electron chi connectivity index (χ3n) is 4.84. The van der Waals surface area contributed by atoms with E-state index in [1.165, 1.54) is 6.07 Å². The molecule has 1 amide bonds. The molecule has 4 rings (SSSR count). The van der Waals surface area contributed by atoms with Gasteiger partial charge in [-0.25, -0.2) is 0 Å². The number of benzene rings is 1. The summed E-state index contributed by atoms with van der Waals surface area (Å²) in [4.78, 5) is 40.3. The lowest BCUT2D eigenvalue weighted by Gasteiger charge is -2.22. The molecule has 3 aromatic rings. The molecular formula is C21H18N2O5. The van der Waals surface area contributed by atoms with Gasteiger partial charge in [0, 0.05) is 29.3 Å². The summed E-state index contributed by atoms with van der Waals surface area (Å²) >= 11 is 0. The van der Waals surface area contributed by atoms with Crippen LogP contribution in [0.15, 0.2) is 57.9 Å². The Hall–Kier alpha value is -3.61. The van der Waals surface area contributed by atoms with Crippen molar-refractivity contribution in [3.05, 3.63) is 81.7 Å². The highest BCUT2D eigenvalue weighted by atomic mass is 16.5. The van der Waals surface area contributed by atoms with Crippen LogP contribution in [0, 0.1) is 0 Å². The molecule has 1 atom stereocenters. The summed E-state index contributed by atoms with van der Waals surface area (Å²) in [5.74, 6) is 0.541. The number of aromatic amines is 1. The lowest BCUT2D eigenvalue weighted by molar-refractivity contribution is 0.0959. The molecule has 2 aromatic heterocycles. The molecule has 1 aliphatic rings. The molecule has 0 bridgehead atoms. The molecule has 0 spiro atoms. The van der Waals surface area contributed by atoms with Gasteiger partial charge >= 0.3 is 0 Å². The van der Waals surface area contributed by atoms with E-state index in [0.717, 1.165) is 0 Å². The summed E-state index contributed by atoms with van der Waals surface area (Å²) in [6.45, 7) is 0. The maximum atomic E-state index is 12.6. The number of anilines is 1. The number of rotatable bonds is 4. The zero-order valence-corrected chi connectivity index (χ0v) is 15.2. The van der Waals surface area contributed by atoms with Gasteiger partial charge in [-0.05, 0) is 48.9 Å². The van der Waals surface area contributed by atoms with Gasteiger partial charge in [0.25, 0.3) is 11.5 Å². The van der Waals surface area contributed by atoms with Crippen molar-refractivity contribution in [3.63, 3.8) is 0 Å². The van der Waals surface area contributed by atoms with Crippen molar-refractivity contribution < 1.29 is 18.7 Å². The van der Waals surface area contributed by atoms with Gasteiger partial charge < -0.3 is 19.5 Å². The van der Waals surface area contributed by atoms with E-state index in [2.05, 4.69) is 10.3 Å². The average Bonchev–Trinajstić information content (AvgIpc) is 3.22. The third kappa shape index (κ3) is 3.34. The lowest BCUT2D eigenvalue weighted by atomic mass is 9.84. The summed E-state index contributed by atoms with van der Waals surface area (Å²) in [6, 6.07) is 11.7. The summed E-state index contributed by atoms with van der Waals surface area (Å²) in [5, 5.41) is 2.66. The van der Waals surface area contributed by atoms with E-state index >= 15 is 0 Å². The van der Waals surface area contributed by atoms with Crippen molar-refractivity contribution in [1.82, 2.24) is 4.98 Å². The summed E-state index contributed by atoms with van der Waals surface area (Å²) in [7, 11) is 1.55. The number of furan rings is 1. The number of aromatic nitrogens is 1. The molecule has 0 aliphatic heterocycles. The Balaban J connectivity index is 1.59. The fourth-order valence-corrected chi connectivity index (χ4v) is 3.40. The first-order chi connectivity index (χ1) is 13.5. The predicted octanol–water partition coefficient (Wildman–Crippen LogP) is 3.14. The van der Waals surface area contributed by atoms with Gasteiger partial charge in [-0.3, -0.25) is 14.4 Å². The number of Topliss-reactive ketones (excluding diaryl/α,β-unsaturated/α-hetero) is 1. The first-order valence-corrected chi connectivity index (χ1v) is 8.83. The average molecular weight is 378 g/mol. The molecule has 1 aromatic carbocycles. The highest BCUT2D eigenvalue weighted by Crippen LogP contribution is 2.31. The fourth-order valence-electron chi connectivity index (χ4n) is 3.40. The van der Waals surface area contributed by atoms with Crippen molar-refractivity contribution in [2.45, 2.75) is 18.8 Å². The summed E-state index contributed by atoms with van der Waals surface area (Å²) in [5.41, 5.74) is 0.801. The topological polar surface area (TPSA) is 101 Å². The number of nitrogens with one attached hydrogen (secondary N) is 2. The molecule has 2 N–H and O–H groups in total. The Kier molecular flexibility index (Phi) is 4.57. The molecule has 1 aliphatic carbocycles. The molecule has 0 fully saturated rings. The molecule has 7 nitrogen and oxygen atoms in total. The van der Waals surface area contributed by atoms with Crippen molar-refractivity contribution in [1.29, 1.82) is 0 Å². The lowest BCUT2D eigenvalue weighted by Crippen LogP contribution is -2.29. The van der Waals surface area contributed by atoms with Gasteiger partial charge in [-0.1, -0.05) is 0 Å². The molecular weight excluding hydrogens is 360 g/mol. The number of amides is 1. The van der Waals surface area contributed by atoms with E-state index in [1.807, 2.05) is 6.07 Å². The number of pyridine rings is 1. The van der Waals surface area contributed by atoms with Crippen molar-refractivity contribution in [2.75, 3.05) is 12.4 Å².